The number of imide groups is 1. The predicted octanol–water partition coefficient (Wildman–Crippen LogP) is 2.31. The van der Waals surface area contributed by atoms with Gasteiger partial charge in [-0.15, -0.1) is 0 Å². The molecule has 2 unspecified atom stereocenters. The normalized spacial score (nSPS) is 26.2. The molecule has 7 nitrogen and oxygen atoms in total. The van der Waals surface area contributed by atoms with Crippen molar-refractivity contribution >= 4 is 17.7 Å². The van der Waals surface area contributed by atoms with Gasteiger partial charge in [0.15, 0.2) is 0 Å². The SMILES string of the molecule is COc1ccc(CCC(=O)N2C3CCC2CC(N2C(=O)CCC2=O)C3)c(OC)c1. The molecule has 7 heteroatoms. The highest BCUT2D eigenvalue weighted by molar-refractivity contribution is 6.02. The van der Waals surface area contributed by atoms with Crippen LogP contribution < -0.4 is 9.47 Å². The summed E-state index contributed by atoms with van der Waals surface area (Å²) in [7, 11) is 3.23. The fourth-order valence-corrected chi connectivity index (χ4v) is 5.20. The van der Waals surface area contributed by atoms with Crippen molar-refractivity contribution in [2.45, 2.75) is 69.5 Å². The first-order valence-electron chi connectivity index (χ1n) is 10.4. The van der Waals surface area contributed by atoms with E-state index in [0.29, 0.717) is 38.5 Å². The third-order valence-corrected chi connectivity index (χ3v) is 6.55. The van der Waals surface area contributed by atoms with Gasteiger partial charge in [-0.1, -0.05) is 6.07 Å². The number of carbonyl (C=O) groups excluding carboxylic acids is 3. The van der Waals surface area contributed by atoms with Crippen molar-refractivity contribution in [1.29, 1.82) is 0 Å². The van der Waals surface area contributed by atoms with E-state index in [4.69, 9.17) is 9.47 Å². The van der Waals surface area contributed by atoms with Crippen molar-refractivity contribution < 1.29 is 23.9 Å². The third-order valence-electron chi connectivity index (χ3n) is 6.55. The maximum atomic E-state index is 13.0. The number of rotatable bonds is 6. The smallest absolute Gasteiger partial charge is 0.229 e. The molecule has 3 aliphatic heterocycles. The molecule has 3 fully saturated rings. The second kappa shape index (κ2) is 8.05. The lowest BCUT2D eigenvalue weighted by Crippen LogP contribution is -2.53. The van der Waals surface area contributed by atoms with E-state index >= 15 is 0 Å². The monoisotopic (exact) mass is 400 g/mol. The molecule has 156 valence electrons. The van der Waals surface area contributed by atoms with E-state index in [1.807, 2.05) is 23.1 Å². The fourth-order valence-electron chi connectivity index (χ4n) is 5.20. The second-order valence-corrected chi connectivity index (χ2v) is 8.15. The van der Waals surface area contributed by atoms with Crippen molar-refractivity contribution in [3.05, 3.63) is 23.8 Å². The molecule has 1 aromatic carbocycles. The molecule has 0 spiro atoms. The van der Waals surface area contributed by atoms with Crippen LogP contribution in [0, 0.1) is 0 Å². The molecule has 3 heterocycles. The van der Waals surface area contributed by atoms with E-state index < -0.39 is 0 Å². The number of ether oxygens (including phenoxy) is 2. The van der Waals surface area contributed by atoms with Gasteiger partial charge in [0.1, 0.15) is 11.5 Å². The first kappa shape index (κ1) is 19.7. The molecule has 0 aliphatic carbocycles. The lowest BCUT2D eigenvalue weighted by molar-refractivity contribution is -0.144. The highest BCUT2D eigenvalue weighted by Crippen LogP contribution is 2.39. The summed E-state index contributed by atoms with van der Waals surface area (Å²) in [6.45, 7) is 0. The van der Waals surface area contributed by atoms with Gasteiger partial charge in [-0.3, -0.25) is 19.3 Å². The van der Waals surface area contributed by atoms with Gasteiger partial charge in [0.2, 0.25) is 17.7 Å². The summed E-state index contributed by atoms with van der Waals surface area (Å²) in [5, 5.41) is 0. The van der Waals surface area contributed by atoms with Crippen molar-refractivity contribution in [3.63, 3.8) is 0 Å². The van der Waals surface area contributed by atoms with Gasteiger partial charge in [0.25, 0.3) is 0 Å². The number of carbonyl (C=O) groups is 3. The zero-order valence-corrected chi connectivity index (χ0v) is 17.1. The lowest BCUT2D eigenvalue weighted by Gasteiger charge is -2.41. The Morgan fingerprint density at radius 2 is 1.66 bits per heavy atom. The van der Waals surface area contributed by atoms with E-state index in [2.05, 4.69) is 0 Å². The van der Waals surface area contributed by atoms with E-state index in [0.717, 1.165) is 29.9 Å². The van der Waals surface area contributed by atoms with E-state index in [-0.39, 0.29) is 35.8 Å². The molecular weight excluding hydrogens is 372 g/mol. The molecule has 3 amide bonds. The first-order valence-corrected chi connectivity index (χ1v) is 10.4. The number of piperidine rings is 1. The summed E-state index contributed by atoms with van der Waals surface area (Å²) < 4.78 is 10.7. The summed E-state index contributed by atoms with van der Waals surface area (Å²) >= 11 is 0. The Morgan fingerprint density at radius 3 is 2.24 bits per heavy atom. The van der Waals surface area contributed by atoms with Crippen LogP contribution in [-0.4, -0.2) is 59.9 Å². The van der Waals surface area contributed by atoms with Crippen molar-refractivity contribution in [3.8, 4) is 11.5 Å². The summed E-state index contributed by atoms with van der Waals surface area (Å²) in [4.78, 5) is 40.7. The Bertz CT molecular complexity index is 793. The van der Waals surface area contributed by atoms with Crippen LogP contribution in [0.15, 0.2) is 18.2 Å². The van der Waals surface area contributed by atoms with Crippen LogP contribution in [0.25, 0.3) is 0 Å². The molecule has 0 radical (unpaired) electrons. The number of hydrogen-bond acceptors (Lipinski definition) is 5. The van der Waals surface area contributed by atoms with Gasteiger partial charge in [0.05, 0.1) is 14.2 Å². The molecule has 1 aromatic rings. The minimum Gasteiger partial charge on any atom is -0.497 e. The molecular formula is C22H28N2O5. The van der Waals surface area contributed by atoms with E-state index in [9.17, 15) is 14.4 Å². The van der Waals surface area contributed by atoms with Crippen LogP contribution in [0.2, 0.25) is 0 Å². The molecule has 2 atom stereocenters. The number of likely N-dealkylation sites (tertiary alicyclic amines) is 1. The van der Waals surface area contributed by atoms with Crippen molar-refractivity contribution in [2.75, 3.05) is 14.2 Å². The van der Waals surface area contributed by atoms with Crippen LogP contribution in [-0.2, 0) is 20.8 Å². The largest absolute Gasteiger partial charge is 0.497 e. The van der Waals surface area contributed by atoms with E-state index in [1.165, 1.54) is 4.90 Å². The van der Waals surface area contributed by atoms with Gasteiger partial charge in [-0.25, -0.2) is 0 Å². The number of amides is 3. The molecule has 0 N–H and O–H groups in total. The first-order chi connectivity index (χ1) is 14.0. The lowest BCUT2D eigenvalue weighted by atomic mass is 9.95. The third kappa shape index (κ3) is 3.70. The maximum absolute atomic E-state index is 13.0. The number of aryl methyl sites for hydroxylation is 1. The summed E-state index contributed by atoms with van der Waals surface area (Å²) in [6, 6.07) is 5.87. The van der Waals surface area contributed by atoms with Gasteiger partial charge in [-0.05, 0) is 43.7 Å². The summed E-state index contributed by atoms with van der Waals surface area (Å²) in [5.74, 6) is 1.50. The zero-order valence-electron chi connectivity index (χ0n) is 17.1. The molecule has 0 saturated carbocycles. The number of nitrogens with zero attached hydrogens (tertiary/aromatic N) is 2. The summed E-state index contributed by atoms with van der Waals surface area (Å²) in [5.41, 5.74) is 0.983. The Morgan fingerprint density at radius 1 is 1.00 bits per heavy atom. The van der Waals surface area contributed by atoms with Gasteiger partial charge >= 0.3 is 0 Å². The highest BCUT2D eigenvalue weighted by Gasteiger charge is 2.47. The summed E-state index contributed by atoms with van der Waals surface area (Å²) in [6.07, 6.45) is 5.02. The Balaban J connectivity index is 1.39. The molecule has 3 aliphatic rings. The van der Waals surface area contributed by atoms with Crippen molar-refractivity contribution in [1.82, 2.24) is 9.80 Å². The van der Waals surface area contributed by atoms with Gasteiger partial charge in [0, 0.05) is 43.5 Å². The Kier molecular flexibility index (Phi) is 5.48. The Hall–Kier alpha value is -2.57. The van der Waals surface area contributed by atoms with Crippen LogP contribution in [0.4, 0.5) is 0 Å². The van der Waals surface area contributed by atoms with Crippen LogP contribution in [0.3, 0.4) is 0 Å². The predicted molar refractivity (Wildman–Crippen MR) is 106 cm³/mol. The van der Waals surface area contributed by atoms with E-state index in [1.54, 1.807) is 14.2 Å². The second-order valence-electron chi connectivity index (χ2n) is 8.15. The average Bonchev–Trinajstić information content (AvgIpc) is 3.20. The maximum Gasteiger partial charge on any atom is 0.229 e. The molecule has 3 saturated heterocycles. The van der Waals surface area contributed by atoms with Crippen molar-refractivity contribution in [2.24, 2.45) is 0 Å². The molecule has 4 rings (SSSR count). The number of benzene rings is 1. The fraction of sp³-hybridized carbons (Fsp3) is 0.591. The minimum atomic E-state index is -0.0502. The number of fused-ring (bicyclic) bond motifs is 2. The van der Waals surface area contributed by atoms with Gasteiger partial charge in [-0.2, -0.15) is 0 Å². The average molecular weight is 400 g/mol. The Labute approximate surface area is 170 Å². The topological polar surface area (TPSA) is 76.2 Å². The van der Waals surface area contributed by atoms with Gasteiger partial charge < -0.3 is 14.4 Å². The minimum absolute atomic E-state index is 0.0410. The molecule has 29 heavy (non-hydrogen) atoms. The van der Waals surface area contributed by atoms with Crippen LogP contribution in [0.5, 0.6) is 11.5 Å². The van der Waals surface area contributed by atoms with Crippen LogP contribution >= 0.6 is 0 Å². The molecule has 0 aromatic heterocycles. The quantitative estimate of drug-likeness (QED) is 0.685. The molecule has 2 bridgehead atoms. The zero-order chi connectivity index (χ0) is 20.5. The number of hydrogen-bond donors (Lipinski definition) is 0. The highest BCUT2D eigenvalue weighted by atomic mass is 16.5. The van der Waals surface area contributed by atoms with Crippen LogP contribution in [0.1, 0.15) is 50.5 Å². The standard InChI is InChI=1S/C22H28N2O5/c1-28-18-7-3-14(19(13-18)29-2)4-8-20(25)23-15-5-6-16(23)12-17(11-15)24-21(26)9-10-22(24)27/h3,7,13,15-17H,4-6,8-12H2,1-2H3. The number of methoxy groups -OCH3 is 2.